The molecule has 0 saturated carbocycles. The van der Waals surface area contributed by atoms with Crippen LogP contribution in [0.5, 0.6) is 0 Å². The Morgan fingerprint density at radius 2 is 1.36 bits per heavy atom. The molecule has 4 rings (SSSR count). The summed E-state index contributed by atoms with van der Waals surface area (Å²) in [6.07, 6.45) is -1.35. The van der Waals surface area contributed by atoms with E-state index in [0.717, 1.165) is 16.7 Å². The van der Waals surface area contributed by atoms with Gasteiger partial charge in [-0.05, 0) is 30.5 Å². The standard InChI is InChI=1S/C30H37NO5/c1-30(2)35-22-27(36-30)28(31-18-23-12-6-3-7-13-23)29(34-21-25-16-10-5-11-17-25)26(19-32)33-20-24-14-8-4-9-15-24/h3-17,26-29,31-32H,18-22H2,1-2H3/t26-,27-,28+,29+/m1/s1. The van der Waals surface area contributed by atoms with Crippen molar-refractivity contribution in [1.29, 1.82) is 0 Å². The fraction of sp³-hybridized carbons (Fsp3) is 0.400. The SMILES string of the molecule is CC1(C)OC[C@H]([C@H](NCc2ccccc2)[C@@H](OCc2ccccc2)[C@@H](CO)OCc2ccccc2)O1. The summed E-state index contributed by atoms with van der Waals surface area (Å²) >= 11 is 0. The van der Waals surface area contributed by atoms with E-state index in [-0.39, 0.29) is 18.8 Å². The molecule has 0 aliphatic carbocycles. The molecule has 6 heteroatoms. The molecule has 36 heavy (non-hydrogen) atoms. The summed E-state index contributed by atoms with van der Waals surface area (Å²) in [5.74, 6) is -0.694. The molecular weight excluding hydrogens is 454 g/mol. The lowest BCUT2D eigenvalue weighted by Gasteiger charge is -2.36. The first-order valence-electron chi connectivity index (χ1n) is 12.5. The van der Waals surface area contributed by atoms with Gasteiger partial charge in [0.25, 0.3) is 0 Å². The number of benzene rings is 3. The zero-order chi connectivity index (χ0) is 25.2. The van der Waals surface area contributed by atoms with Crippen LogP contribution in [-0.4, -0.2) is 48.5 Å². The van der Waals surface area contributed by atoms with E-state index in [0.29, 0.717) is 26.4 Å². The molecular formula is C30H37NO5. The molecule has 0 bridgehead atoms. The quantitative estimate of drug-likeness (QED) is 0.368. The summed E-state index contributed by atoms with van der Waals surface area (Å²) in [7, 11) is 0. The number of hydrogen-bond acceptors (Lipinski definition) is 6. The lowest BCUT2D eigenvalue weighted by atomic mass is 9.99. The van der Waals surface area contributed by atoms with Gasteiger partial charge in [0.15, 0.2) is 5.79 Å². The predicted octanol–water partition coefficient (Wildman–Crippen LogP) is 4.46. The topological polar surface area (TPSA) is 69.2 Å². The maximum absolute atomic E-state index is 10.4. The van der Waals surface area contributed by atoms with Gasteiger partial charge >= 0.3 is 0 Å². The molecule has 192 valence electrons. The summed E-state index contributed by atoms with van der Waals surface area (Å²) in [6, 6.07) is 29.9. The van der Waals surface area contributed by atoms with Crippen molar-refractivity contribution in [3.05, 3.63) is 108 Å². The van der Waals surface area contributed by atoms with Crippen molar-refractivity contribution in [3.8, 4) is 0 Å². The molecule has 3 aromatic rings. The van der Waals surface area contributed by atoms with Gasteiger partial charge in [0, 0.05) is 6.54 Å². The Kier molecular flexibility index (Phi) is 9.64. The van der Waals surface area contributed by atoms with Crippen LogP contribution in [0.25, 0.3) is 0 Å². The molecule has 1 fully saturated rings. The lowest BCUT2D eigenvalue weighted by molar-refractivity contribution is -0.162. The highest BCUT2D eigenvalue weighted by Gasteiger charge is 2.43. The second-order valence-electron chi connectivity index (χ2n) is 9.54. The molecule has 4 atom stereocenters. The van der Waals surface area contributed by atoms with Crippen molar-refractivity contribution in [2.75, 3.05) is 13.2 Å². The minimum atomic E-state index is -0.694. The summed E-state index contributed by atoms with van der Waals surface area (Å²) in [6.45, 7) is 5.43. The fourth-order valence-electron chi connectivity index (χ4n) is 4.42. The minimum absolute atomic E-state index is 0.188. The number of aliphatic hydroxyl groups excluding tert-OH is 1. The van der Waals surface area contributed by atoms with Gasteiger partial charge in [-0.2, -0.15) is 0 Å². The van der Waals surface area contributed by atoms with Gasteiger partial charge in [0.2, 0.25) is 0 Å². The van der Waals surface area contributed by atoms with E-state index in [1.807, 2.05) is 92.7 Å². The van der Waals surface area contributed by atoms with E-state index in [9.17, 15) is 5.11 Å². The third-order valence-corrected chi connectivity index (χ3v) is 6.31. The van der Waals surface area contributed by atoms with E-state index < -0.39 is 18.0 Å². The molecule has 3 aromatic carbocycles. The monoisotopic (exact) mass is 491 g/mol. The van der Waals surface area contributed by atoms with Crippen molar-refractivity contribution < 1.29 is 24.1 Å². The summed E-state index contributed by atoms with van der Waals surface area (Å²) < 4.78 is 25.0. The predicted molar refractivity (Wildman–Crippen MR) is 139 cm³/mol. The van der Waals surface area contributed by atoms with Crippen molar-refractivity contribution in [3.63, 3.8) is 0 Å². The Morgan fingerprint density at radius 1 is 0.833 bits per heavy atom. The smallest absolute Gasteiger partial charge is 0.163 e. The summed E-state index contributed by atoms with van der Waals surface area (Å²) in [4.78, 5) is 0. The molecule has 0 unspecified atom stereocenters. The van der Waals surface area contributed by atoms with Crippen LogP contribution in [0.15, 0.2) is 91.0 Å². The molecule has 1 heterocycles. The Hall–Kier alpha value is -2.58. The summed E-state index contributed by atoms with van der Waals surface area (Å²) in [5, 5.41) is 14.1. The Morgan fingerprint density at radius 3 is 1.86 bits per heavy atom. The molecule has 2 N–H and O–H groups in total. The molecule has 0 amide bonds. The van der Waals surface area contributed by atoms with E-state index >= 15 is 0 Å². The van der Waals surface area contributed by atoms with Crippen LogP contribution in [0, 0.1) is 0 Å². The first-order valence-corrected chi connectivity index (χ1v) is 12.5. The van der Waals surface area contributed by atoms with E-state index in [1.54, 1.807) is 0 Å². The zero-order valence-corrected chi connectivity index (χ0v) is 21.1. The average Bonchev–Trinajstić information content (AvgIpc) is 3.28. The van der Waals surface area contributed by atoms with Crippen LogP contribution in [-0.2, 0) is 38.7 Å². The van der Waals surface area contributed by atoms with Gasteiger partial charge in [0.05, 0.1) is 32.5 Å². The molecule has 1 aliphatic heterocycles. The average molecular weight is 492 g/mol. The largest absolute Gasteiger partial charge is 0.394 e. The highest BCUT2D eigenvalue weighted by molar-refractivity contribution is 5.16. The number of hydrogen-bond donors (Lipinski definition) is 2. The molecule has 1 aliphatic rings. The number of rotatable bonds is 13. The Balaban J connectivity index is 1.57. The van der Waals surface area contributed by atoms with Gasteiger partial charge in [-0.15, -0.1) is 0 Å². The van der Waals surface area contributed by atoms with Crippen LogP contribution in [0.1, 0.15) is 30.5 Å². The van der Waals surface area contributed by atoms with Gasteiger partial charge in [-0.25, -0.2) is 0 Å². The van der Waals surface area contributed by atoms with Crippen LogP contribution >= 0.6 is 0 Å². The van der Waals surface area contributed by atoms with Crippen molar-refractivity contribution in [2.24, 2.45) is 0 Å². The Bertz CT molecular complexity index is 1020. The van der Waals surface area contributed by atoms with Crippen LogP contribution in [0.2, 0.25) is 0 Å². The summed E-state index contributed by atoms with van der Waals surface area (Å²) in [5.41, 5.74) is 3.23. The third kappa shape index (κ3) is 7.71. The molecule has 0 spiro atoms. The lowest BCUT2D eigenvalue weighted by Crippen LogP contribution is -2.56. The number of nitrogens with one attached hydrogen (secondary N) is 1. The Labute approximate surface area is 214 Å². The first kappa shape index (κ1) is 26.5. The van der Waals surface area contributed by atoms with Crippen LogP contribution in [0.4, 0.5) is 0 Å². The van der Waals surface area contributed by atoms with Gasteiger partial charge in [-0.1, -0.05) is 91.0 Å². The van der Waals surface area contributed by atoms with Crippen LogP contribution in [0.3, 0.4) is 0 Å². The minimum Gasteiger partial charge on any atom is -0.394 e. The van der Waals surface area contributed by atoms with E-state index in [2.05, 4.69) is 17.4 Å². The van der Waals surface area contributed by atoms with E-state index in [1.165, 1.54) is 0 Å². The molecule has 0 aromatic heterocycles. The van der Waals surface area contributed by atoms with Gasteiger partial charge in [-0.3, -0.25) is 0 Å². The normalized spacial score (nSPS) is 19.6. The highest BCUT2D eigenvalue weighted by Crippen LogP contribution is 2.28. The zero-order valence-electron chi connectivity index (χ0n) is 21.1. The van der Waals surface area contributed by atoms with Crippen molar-refractivity contribution in [2.45, 2.75) is 63.7 Å². The first-order chi connectivity index (χ1) is 17.5. The van der Waals surface area contributed by atoms with E-state index in [4.69, 9.17) is 18.9 Å². The fourth-order valence-corrected chi connectivity index (χ4v) is 4.42. The van der Waals surface area contributed by atoms with Gasteiger partial charge in [0.1, 0.15) is 18.3 Å². The van der Waals surface area contributed by atoms with Crippen molar-refractivity contribution in [1.82, 2.24) is 5.32 Å². The number of ether oxygens (including phenoxy) is 4. The second kappa shape index (κ2) is 13.1. The number of aliphatic hydroxyl groups is 1. The second-order valence-corrected chi connectivity index (χ2v) is 9.54. The third-order valence-electron chi connectivity index (χ3n) is 6.31. The van der Waals surface area contributed by atoms with Crippen molar-refractivity contribution >= 4 is 0 Å². The molecule has 0 radical (unpaired) electrons. The van der Waals surface area contributed by atoms with Crippen LogP contribution < -0.4 is 5.32 Å². The maximum atomic E-state index is 10.4. The molecule has 1 saturated heterocycles. The van der Waals surface area contributed by atoms with Gasteiger partial charge < -0.3 is 29.4 Å². The highest BCUT2D eigenvalue weighted by atomic mass is 16.7. The molecule has 6 nitrogen and oxygen atoms in total. The maximum Gasteiger partial charge on any atom is 0.163 e.